The minimum Gasteiger partial charge on any atom is -0.481 e. The third-order valence-electron chi connectivity index (χ3n) is 4.28. The molecule has 1 aromatic heterocycles. The normalized spacial score (nSPS) is 12.3. The number of hydrogen-bond donors (Lipinski definition) is 2. The number of aliphatic carboxylic acids is 1. The fourth-order valence-corrected chi connectivity index (χ4v) is 4.62. The molecule has 28 heavy (non-hydrogen) atoms. The van der Waals surface area contributed by atoms with Crippen LogP contribution in [0.4, 0.5) is 9.93 Å². The summed E-state index contributed by atoms with van der Waals surface area (Å²) >= 11 is 2.15. The second-order valence-electron chi connectivity index (χ2n) is 6.01. The SMILES string of the molecule is O=C(O)CSc1nnc(NC(=O)OCC2c3ccccc3-c3ccccc32)s1. The summed E-state index contributed by atoms with van der Waals surface area (Å²) in [4.78, 5) is 22.8. The molecule has 4 rings (SSSR count). The molecule has 0 bridgehead atoms. The molecule has 0 atom stereocenters. The predicted octanol–water partition coefficient (Wildman–Crippen LogP) is 4.08. The highest BCUT2D eigenvalue weighted by Crippen LogP contribution is 2.44. The van der Waals surface area contributed by atoms with Gasteiger partial charge < -0.3 is 9.84 Å². The Morgan fingerprint density at radius 2 is 1.71 bits per heavy atom. The van der Waals surface area contributed by atoms with Crippen LogP contribution in [-0.4, -0.2) is 39.7 Å². The standard InChI is InChI=1S/C19H15N3O4S2/c23-16(24)10-27-19-22-21-17(28-19)20-18(25)26-9-15-13-7-3-1-5-11(13)12-6-2-4-8-14(12)15/h1-8,15H,9-10H2,(H,23,24)(H,20,21,25). The maximum Gasteiger partial charge on any atom is 0.413 e. The fraction of sp³-hybridized carbons (Fsp3) is 0.158. The van der Waals surface area contributed by atoms with Crippen LogP contribution in [0.5, 0.6) is 0 Å². The third-order valence-corrected chi connectivity index (χ3v) is 6.24. The van der Waals surface area contributed by atoms with Gasteiger partial charge >= 0.3 is 12.1 Å². The zero-order valence-corrected chi connectivity index (χ0v) is 16.1. The van der Waals surface area contributed by atoms with Gasteiger partial charge in [0.2, 0.25) is 5.13 Å². The molecule has 2 N–H and O–H groups in total. The summed E-state index contributed by atoms with van der Waals surface area (Å²) in [7, 11) is 0. The van der Waals surface area contributed by atoms with Gasteiger partial charge in [0.1, 0.15) is 6.61 Å². The molecule has 1 aliphatic carbocycles. The van der Waals surface area contributed by atoms with Crippen molar-refractivity contribution in [2.24, 2.45) is 0 Å². The monoisotopic (exact) mass is 413 g/mol. The molecule has 1 aliphatic rings. The van der Waals surface area contributed by atoms with Crippen molar-refractivity contribution >= 4 is 40.3 Å². The molecular weight excluding hydrogens is 398 g/mol. The van der Waals surface area contributed by atoms with Gasteiger partial charge in [0.25, 0.3) is 0 Å². The maximum atomic E-state index is 12.2. The highest BCUT2D eigenvalue weighted by molar-refractivity contribution is 8.01. The molecule has 1 heterocycles. The maximum absolute atomic E-state index is 12.2. The number of hydrogen-bond acceptors (Lipinski definition) is 7. The van der Waals surface area contributed by atoms with Crippen LogP contribution < -0.4 is 5.32 Å². The van der Waals surface area contributed by atoms with E-state index in [0.29, 0.717) is 4.34 Å². The molecule has 2 aromatic carbocycles. The van der Waals surface area contributed by atoms with Crippen molar-refractivity contribution in [3.63, 3.8) is 0 Å². The van der Waals surface area contributed by atoms with Gasteiger partial charge in [-0.25, -0.2) is 4.79 Å². The summed E-state index contributed by atoms with van der Waals surface area (Å²) < 4.78 is 5.91. The lowest BCUT2D eigenvalue weighted by molar-refractivity contribution is -0.133. The Bertz CT molecular complexity index is 992. The average molecular weight is 413 g/mol. The van der Waals surface area contributed by atoms with E-state index in [0.717, 1.165) is 45.4 Å². The number of aromatic nitrogens is 2. The van der Waals surface area contributed by atoms with Crippen LogP contribution in [0.3, 0.4) is 0 Å². The number of carbonyl (C=O) groups excluding carboxylic acids is 1. The lowest BCUT2D eigenvalue weighted by atomic mass is 9.98. The topological polar surface area (TPSA) is 101 Å². The van der Waals surface area contributed by atoms with Crippen LogP contribution in [0.2, 0.25) is 0 Å². The number of thioether (sulfide) groups is 1. The number of benzene rings is 2. The van der Waals surface area contributed by atoms with Crippen LogP contribution in [0.25, 0.3) is 11.1 Å². The van der Waals surface area contributed by atoms with Crippen molar-refractivity contribution < 1.29 is 19.4 Å². The van der Waals surface area contributed by atoms with Gasteiger partial charge in [-0.05, 0) is 22.3 Å². The number of ether oxygens (including phenoxy) is 1. The molecule has 0 spiro atoms. The zero-order chi connectivity index (χ0) is 19.5. The fourth-order valence-electron chi connectivity index (χ4n) is 3.16. The Morgan fingerprint density at radius 1 is 1.07 bits per heavy atom. The highest BCUT2D eigenvalue weighted by Gasteiger charge is 2.29. The molecule has 0 saturated heterocycles. The first-order chi connectivity index (χ1) is 13.6. The number of carbonyl (C=O) groups is 2. The number of fused-ring (bicyclic) bond motifs is 3. The van der Waals surface area contributed by atoms with Crippen molar-refractivity contribution in [1.82, 2.24) is 10.2 Å². The largest absolute Gasteiger partial charge is 0.481 e. The molecule has 142 valence electrons. The van der Waals surface area contributed by atoms with E-state index in [9.17, 15) is 9.59 Å². The molecule has 0 aliphatic heterocycles. The van der Waals surface area contributed by atoms with E-state index >= 15 is 0 Å². The zero-order valence-electron chi connectivity index (χ0n) is 14.5. The molecule has 0 saturated carbocycles. The first-order valence-corrected chi connectivity index (χ1v) is 10.2. The van der Waals surface area contributed by atoms with E-state index in [4.69, 9.17) is 9.84 Å². The smallest absolute Gasteiger partial charge is 0.413 e. The second kappa shape index (κ2) is 7.99. The first-order valence-electron chi connectivity index (χ1n) is 8.42. The predicted molar refractivity (Wildman–Crippen MR) is 107 cm³/mol. The van der Waals surface area contributed by atoms with E-state index < -0.39 is 12.1 Å². The van der Waals surface area contributed by atoms with Crippen molar-refractivity contribution in [3.05, 3.63) is 59.7 Å². The molecular formula is C19H15N3O4S2. The van der Waals surface area contributed by atoms with Gasteiger partial charge in [0, 0.05) is 5.92 Å². The Hall–Kier alpha value is -2.91. The number of carboxylic acid groups (broad SMARTS) is 1. The Balaban J connectivity index is 1.40. The highest BCUT2D eigenvalue weighted by atomic mass is 32.2. The number of anilines is 1. The summed E-state index contributed by atoms with van der Waals surface area (Å²) in [6.07, 6.45) is -0.618. The Labute approximate surface area is 168 Å². The lowest BCUT2D eigenvalue weighted by Gasteiger charge is -2.13. The van der Waals surface area contributed by atoms with Crippen molar-refractivity contribution in [1.29, 1.82) is 0 Å². The summed E-state index contributed by atoms with van der Waals surface area (Å²) in [5.74, 6) is -1.07. The van der Waals surface area contributed by atoms with Crippen LogP contribution in [0.1, 0.15) is 17.0 Å². The molecule has 0 unspecified atom stereocenters. The second-order valence-corrected chi connectivity index (χ2v) is 8.21. The molecule has 7 nitrogen and oxygen atoms in total. The quantitative estimate of drug-likeness (QED) is 0.464. The van der Waals surface area contributed by atoms with E-state index in [2.05, 4.69) is 39.8 Å². The molecule has 1 amide bonds. The van der Waals surface area contributed by atoms with Gasteiger partial charge in [-0.15, -0.1) is 10.2 Å². The molecule has 0 fully saturated rings. The summed E-state index contributed by atoms with van der Waals surface area (Å²) in [6, 6.07) is 16.2. The number of amides is 1. The van der Waals surface area contributed by atoms with E-state index in [1.165, 1.54) is 0 Å². The van der Waals surface area contributed by atoms with Gasteiger partial charge in [0.05, 0.1) is 5.75 Å². The third kappa shape index (κ3) is 3.85. The molecule has 3 aromatic rings. The van der Waals surface area contributed by atoms with Crippen LogP contribution in [0.15, 0.2) is 52.9 Å². The van der Waals surface area contributed by atoms with Crippen LogP contribution in [0, 0.1) is 0 Å². The van der Waals surface area contributed by atoms with E-state index in [1.807, 2.05) is 24.3 Å². The minimum atomic E-state index is -0.939. The van der Waals surface area contributed by atoms with Crippen molar-refractivity contribution in [2.45, 2.75) is 10.3 Å². The van der Waals surface area contributed by atoms with Gasteiger partial charge in [-0.3, -0.25) is 10.1 Å². The average Bonchev–Trinajstić information content (AvgIpc) is 3.27. The lowest BCUT2D eigenvalue weighted by Crippen LogP contribution is -2.17. The Morgan fingerprint density at radius 3 is 2.36 bits per heavy atom. The van der Waals surface area contributed by atoms with Gasteiger partial charge in [-0.1, -0.05) is 71.6 Å². The summed E-state index contributed by atoms with van der Waals surface area (Å²) in [5.41, 5.74) is 4.60. The van der Waals surface area contributed by atoms with Gasteiger partial charge in [0.15, 0.2) is 4.34 Å². The minimum absolute atomic E-state index is 0.0192. The van der Waals surface area contributed by atoms with Crippen molar-refractivity contribution in [2.75, 3.05) is 17.7 Å². The van der Waals surface area contributed by atoms with Crippen molar-refractivity contribution in [3.8, 4) is 11.1 Å². The summed E-state index contributed by atoms with van der Waals surface area (Å²) in [6.45, 7) is 0.208. The number of carboxylic acids is 1. The number of rotatable bonds is 6. The molecule has 0 radical (unpaired) electrons. The van der Waals surface area contributed by atoms with E-state index in [1.54, 1.807) is 0 Å². The number of nitrogens with one attached hydrogen (secondary N) is 1. The van der Waals surface area contributed by atoms with Gasteiger partial charge in [-0.2, -0.15) is 0 Å². The van der Waals surface area contributed by atoms with E-state index in [-0.39, 0.29) is 23.4 Å². The Kier molecular flexibility index (Phi) is 5.27. The van der Waals surface area contributed by atoms with Crippen LogP contribution >= 0.6 is 23.1 Å². The number of nitrogens with zero attached hydrogens (tertiary/aromatic N) is 2. The summed E-state index contributed by atoms with van der Waals surface area (Å²) in [5, 5.41) is 19.2. The first kappa shape index (κ1) is 18.5. The molecule has 9 heteroatoms. The van der Waals surface area contributed by atoms with Crippen LogP contribution in [-0.2, 0) is 9.53 Å².